The number of rotatable bonds is 4. The molecule has 1 N–H and O–H groups in total. The van der Waals surface area contributed by atoms with Gasteiger partial charge in [0.15, 0.2) is 0 Å². The second-order valence-corrected chi connectivity index (χ2v) is 5.26. The van der Waals surface area contributed by atoms with Crippen LogP contribution in [0.1, 0.15) is 35.4 Å². The number of nitrogens with one attached hydrogen (secondary N) is 1. The summed E-state index contributed by atoms with van der Waals surface area (Å²) < 4.78 is 1.46. The van der Waals surface area contributed by atoms with Crippen molar-refractivity contribution in [1.82, 2.24) is 25.7 Å². The number of carbonyl (C=O) groups is 1. The Hall–Kier alpha value is -1.80. The molecule has 1 amide bonds. The molecular weight excluding hydrogens is 266 g/mol. The molecule has 2 heterocycles. The lowest BCUT2D eigenvalue weighted by atomic mass is 10.3. The molecule has 1 saturated carbocycles. The lowest BCUT2D eigenvalue weighted by molar-refractivity contribution is -0.0122. The summed E-state index contributed by atoms with van der Waals surface area (Å²) in [6.45, 7) is 0. The second-order valence-electron chi connectivity index (χ2n) is 4.34. The summed E-state index contributed by atoms with van der Waals surface area (Å²) in [5.74, 6) is -0.257. The van der Waals surface area contributed by atoms with Crippen molar-refractivity contribution < 1.29 is 9.63 Å². The molecule has 0 saturated heterocycles. The van der Waals surface area contributed by atoms with Crippen LogP contribution in [0.3, 0.4) is 0 Å². The first-order chi connectivity index (χ1) is 9.34. The van der Waals surface area contributed by atoms with Crippen molar-refractivity contribution in [1.29, 1.82) is 0 Å². The molecule has 3 rings (SSSR count). The van der Waals surface area contributed by atoms with E-state index < -0.39 is 0 Å². The Kier molecular flexibility index (Phi) is 3.51. The van der Waals surface area contributed by atoms with Gasteiger partial charge in [0.05, 0.1) is 11.8 Å². The van der Waals surface area contributed by atoms with E-state index in [0.29, 0.717) is 10.6 Å². The van der Waals surface area contributed by atoms with E-state index in [9.17, 15) is 4.79 Å². The lowest BCUT2D eigenvalue weighted by Gasteiger charge is -2.11. The third-order valence-corrected chi connectivity index (χ3v) is 3.97. The van der Waals surface area contributed by atoms with E-state index in [4.69, 9.17) is 4.84 Å². The highest BCUT2D eigenvalue weighted by Crippen LogP contribution is 2.22. The van der Waals surface area contributed by atoms with Crippen LogP contribution in [0.25, 0.3) is 5.69 Å². The molecule has 2 aromatic rings. The van der Waals surface area contributed by atoms with Crippen molar-refractivity contribution >= 4 is 17.2 Å². The molecule has 0 atom stereocenters. The van der Waals surface area contributed by atoms with Crippen LogP contribution in [0.4, 0.5) is 0 Å². The first-order valence-electron chi connectivity index (χ1n) is 6.11. The summed E-state index contributed by atoms with van der Waals surface area (Å²) in [6.07, 6.45) is 5.93. The fourth-order valence-electron chi connectivity index (χ4n) is 2.11. The van der Waals surface area contributed by atoms with Gasteiger partial charge in [0.2, 0.25) is 0 Å². The number of hydrogen-bond acceptors (Lipinski definition) is 6. The zero-order chi connectivity index (χ0) is 13.1. The monoisotopic (exact) mass is 279 g/mol. The molecule has 100 valence electrons. The summed E-state index contributed by atoms with van der Waals surface area (Å²) in [6, 6.07) is 1.80. The van der Waals surface area contributed by atoms with E-state index in [1.807, 2.05) is 5.38 Å². The minimum absolute atomic E-state index is 0.139. The number of nitrogens with zero attached hydrogens (tertiary/aromatic N) is 4. The van der Waals surface area contributed by atoms with Crippen LogP contribution >= 0.6 is 11.3 Å². The van der Waals surface area contributed by atoms with E-state index >= 15 is 0 Å². The van der Waals surface area contributed by atoms with E-state index in [2.05, 4.69) is 21.0 Å². The summed E-state index contributed by atoms with van der Waals surface area (Å²) in [5.41, 5.74) is 3.17. The lowest BCUT2D eigenvalue weighted by Crippen LogP contribution is -2.28. The largest absolute Gasteiger partial charge is 0.287 e. The van der Waals surface area contributed by atoms with Crippen LogP contribution in [0.15, 0.2) is 17.8 Å². The quantitative estimate of drug-likeness (QED) is 0.854. The maximum Gasteiger partial charge on any atom is 0.287 e. The van der Waals surface area contributed by atoms with Gasteiger partial charge in [0, 0.05) is 0 Å². The summed E-state index contributed by atoms with van der Waals surface area (Å²) in [5, 5.41) is 12.7. The highest BCUT2D eigenvalue weighted by atomic mass is 32.1. The van der Waals surface area contributed by atoms with Crippen molar-refractivity contribution in [3.63, 3.8) is 0 Å². The SMILES string of the molecule is O=C(NOC1CCCC1)c1sccc1-n1cnnn1. The van der Waals surface area contributed by atoms with Crippen LogP contribution in [-0.2, 0) is 4.84 Å². The van der Waals surface area contributed by atoms with Gasteiger partial charge in [-0.1, -0.05) is 12.8 Å². The number of aromatic nitrogens is 4. The minimum Gasteiger partial charge on any atom is -0.270 e. The molecule has 0 radical (unpaired) electrons. The summed E-state index contributed by atoms with van der Waals surface area (Å²) >= 11 is 1.33. The number of carbonyl (C=O) groups excluding carboxylic acids is 1. The molecule has 19 heavy (non-hydrogen) atoms. The Morgan fingerprint density at radius 2 is 2.32 bits per heavy atom. The van der Waals surface area contributed by atoms with Crippen LogP contribution in [0.5, 0.6) is 0 Å². The van der Waals surface area contributed by atoms with Crippen LogP contribution in [0, 0.1) is 0 Å². The number of amides is 1. The van der Waals surface area contributed by atoms with Crippen molar-refractivity contribution in [3.8, 4) is 5.69 Å². The topological polar surface area (TPSA) is 81.9 Å². The zero-order valence-corrected chi connectivity index (χ0v) is 11.0. The molecule has 0 aromatic carbocycles. The van der Waals surface area contributed by atoms with Crippen molar-refractivity contribution in [2.45, 2.75) is 31.8 Å². The van der Waals surface area contributed by atoms with Gasteiger partial charge in [-0.3, -0.25) is 9.63 Å². The first kappa shape index (κ1) is 12.2. The van der Waals surface area contributed by atoms with Gasteiger partial charge in [-0.2, -0.15) is 4.68 Å². The minimum atomic E-state index is -0.257. The molecule has 0 bridgehead atoms. The third-order valence-electron chi connectivity index (χ3n) is 3.07. The maximum atomic E-state index is 12.1. The summed E-state index contributed by atoms with van der Waals surface area (Å²) in [7, 11) is 0. The number of thiophene rings is 1. The number of hydrogen-bond donors (Lipinski definition) is 1. The van der Waals surface area contributed by atoms with E-state index in [1.165, 1.54) is 22.3 Å². The van der Waals surface area contributed by atoms with Gasteiger partial charge in [-0.05, 0) is 34.7 Å². The predicted molar refractivity (Wildman–Crippen MR) is 67.8 cm³/mol. The van der Waals surface area contributed by atoms with Crippen molar-refractivity contribution in [2.75, 3.05) is 0 Å². The fraction of sp³-hybridized carbons (Fsp3) is 0.455. The average Bonchev–Trinajstić information content (AvgIpc) is 3.14. The Morgan fingerprint density at radius 3 is 3.05 bits per heavy atom. The van der Waals surface area contributed by atoms with E-state index in [-0.39, 0.29) is 12.0 Å². The molecule has 8 heteroatoms. The van der Waals surface area contributed by atoms with Gasteiger partial charge in [0.25, 0.3) is 5.91 Å². The highest BCUT2D eigenvalue weighted by Gasteiger charge is 2.20. The Labute approximate surface area is 113 Å². The molecule has 0 aliphatic heterocycles. The Morgan fingerprint density at radius 1 is 1.47 bits per heavy atom. The van der Waals surface area contributed by atoms with E-state index in [0.717, 1.165) is 25.7 Å². The van der Waals surface area contributed by atoms with Crippen molar-refractivity contribution in [2.24, 2.45) is 0 Å². The normalized spacial score (nSPS) is 15.8. The van der Waals surface area contributed by atoms with Crippen LogP contribution in [0.2, 0.25) is 0 Å². The predicted octanol–water partition coefficient (Wildman–Crippen LogP) is 1.33. The smallest absolute Gasteiger partial charge is 0.270 e. The first-order valence-corrected chi connectivity index (χ1v) is 6.99. The molecule has 1 aliphatic rings. The molecule has 1 fully saturated rings. The summed E-state index contributed by atoms with van der Waals surface area (Å²) in [4.78, 5) is 18.0. The standard InChI is InChI=1S/C11H13N5O2S/c17-11(13-18-8-3-1-2-4-8)10-9(5-6-19-10)16-7-12-14-15-16/h5-8H,1-4H2,(H,13,17). The molecular formula is C11H13N5O2S. The molecule has 1 aliphatic carbocycles. The van der Waals surface area contributed by atoms with Crippen molar-refractivity contribution in [3.05, 3.63) is 22.7 Å². The average molecular weight is 279 g/mol. The van der Waals surface area contributed by atoms with Gasteiger partial charge >= 0.3 is 0 Å². The van der Waals surface area contributed by atoms with Crippen LogP contribution in [-0.4, -0.2) is 32.2 Å². The molecule has 2 aromatic heterocycles. The number of hydroxylamine groups is 1. The second kappa shape index (κ2) is 5.45. The van der Waals surface area contributed by atoms with Gasteiger partial charge in [-0.15, -0.1) is 16.4 Å². The van der Waals surface area contributed by atoms with Gasteiger partial charge in [0.1, 0.15) is 11.2 Å². The zero-order valence-electron chi connectivity index (χ0n) is 10.2. The van der Waals surface area contributed by atoms with Gasteiger partial charge < -0.3 is 0 Å². The molecule has 7 nitrogen and oxygen atoms in total. The molecule has 0 spiro atoms. The Balaban J connectivity index is 1.68. The molecule has 0 unspecified atom stereocenters. The highest BCUT2D eigenvalue weighted by molar-refractivity contribution is 7.12. The third kappa shape index (κ3) is 2.64. The van der Waals surface area contributed by atoms with Crippen LogP contribution < -0.4 is 5.48 Å². The Bertz CT molecular complexity index is 547. The van der Waals surface area contributed by atoms with E-state index in [1.54, 1.807) is 6.07 Å². The fourth-order valence-corrected chi connectivity index (χ4v) is 2.88. The maximum absolute atomic E-state index is 12.1. The van der Waals surface area contributed by atoms with Gasteiger partial charge in [-0.25, -0.2) is 5.48 Å². The number of tetrazole rings is 1.